The van der Waals surface area contributed by atoms with E-state index in [1.165, 1.54) is 6.07 Å². The number of alkyl halides is 3. The van der Waals surface area contributed by atoms with E-state index in [1.807, 2.05) is 13.8 Å². The lowest BCUT2D eigenvalue weighted by atomic mass is 10.1. The number of amides is 1. The molecule has 0 aliphatic heterocycles. The van der Waals surface area contributed by atoms with Crippen LogP contribution < -0.4 is 10.9 Å². The predicted molar refractivity (Wildman–Crippen MR) is 113 cm³/mol. The van der Waals surface area contributed by atoms with Crippen LogP contribution in [0.4, 0.5) is 18.9 Å². The Morgan fingerprint density at radius 1 is 1.23 bits per heavy atom. The molecule has 2 aromatic carbocycles. The van der Waals surface area contributed by atoms with Crippen molar-refractivity contribution in [3.63, 3.8) is 0 Å². The second-order valence-electron chi connectivity index (χ2n) is 7.26. The van der Waals surface area contributed by atoms with Gasteiger partial charge < -0.3 is 10.3 Å². The zero-order chi connectivity index (χ0) is 22.8. The molecule has 0 spiro atoms. The van der Waals surface area contributed by atoms with Crippen LogP contribution in [0.2, 0.25) is 5.02 Å². The van der Waals surface area contributed by atoms with Gasteiger partial charge in [-0.1, -0.05) is 23.7 Å². The molecule has 6 nitrogen and oxygen atoms in total. The molecule has 0 atom stereocenters. The fraction of sp³-hybridized carbons (Fsp3) is 0.286. The van der Waals surface area contributed by atoms with Crippen LogP contribution in [0, 0.1) is 0 Å². The van der Waals surface area contributed by atoms with Gasteiger partial charge in [-0.2, -0.15) is 13.2 Å². The summed E-state index contributed by atoms with van der Waals surface area (Å²) in [5.74, 6) is -0.280. The van der Waals surface area contributed by atoms with E-state index < -0.39 is 17.6 Å². The van der Waals surface area contributed by atoms with E-state index in [1.54, 1.807) is 29.2 Å². The van der Waals surface area contributed by atoms with E-state index >= 15 is 0 Å². The van der Waals surface area contributed by atoms with Gasteiger partial charge in [0.25, 0.3) is 5.56 Å². The average Bonchev–Trinajstić information content (AvgIpc) is 2.68. The molecule has 2 N–H and O–H groups in total. The SMILES string of the molecule is CC(C)N(CC(=O)Nc1ccc(Cl)cc1C(F)(F)F)Cc1nc2ccccc2c(=O)[nH]1. The number of H-pyrrole nitrogens is 1. The molecule has 0 fully saturated rings. The predicted octanol–water partition coefficient (Wildman–Crippen LogP) is 4.44. The number of rotatable bonds is 6. The minimum atomic E-state index is -4.67. The van der Waals surface area contributed by atoms with Crippen LogP contribution in [0.5, 0.6) is 0 Å². The van der Waals surface area contributed by atoms with Gasteiger partial charge in [-0.3, -0.25) is 14.5 Å². The summed E-state index contributed by atoms with van der Waals surface area (Å²) in [5, 5.41) is 2.67. The standard InChI is InChI=1S/C21H20ClF3N4O2/c1-12(2)29(10-18-26-16-6-4-3-5-14(16)20(31)28-18)11-19(30)27-17-8-7-13(22)9-15(17)21(23,24)25/h3-9,12H,10-11H2,1-2H3,(H,27,30)(H,26,28,31). The Morgan fingerprint density at radius 2 is 1.94 bits per heavy atom. The molecule has 1 amide bonds. The number of para-hydroxylation sites is 1. The van der Waals surface area contributed by atoms with Crippen molar-refractivity contribution in [3.05, 3.63) is 69.2 Å². The molecular formula is C21H20ClF3N4O2. The van der Waals surface area contributed by atoms with Gasteiger partial charge in [-0.15, -0.1) is 0 Å². The van der Waals surface area contributed by atoms with Crippen LogP contribution in [0.3, 0.4) is 0 Å². The molecular weight excluding hydrogens is 433 g/mol. The topological polar surface area (TPSA) is 78.1 Å². The van der Waals surface area contributed by atoms with Crippen LogP contribution in [-0.2, 0) is 17.5 Å². The summed E-state index contributed by atoms with van der Waals surface area (Å²) in [4.78, 5) is 33.6. The molecule has 0 saturated carbocycles. The molecule has 1 aromatic heterocycles. The van der Waals surface area contributed by atoms with Crippen LogP contribution in [0.15, 0.2) is 47.3 Å². The van der Waals surface area contributed by atoms with E-state index in [0.717, 1.165) is 12.1 Å². The molecule has 3 rings (SSSR count). The molecule has 0 bridgehead atoms. The molecule has 0 aliphatic carbocycles. The van der Waals surface area contributed by atoms with Crippen molar-refractivity contribution < 1.29 is 18.0 Å². The first-order valence-electron chi connectivity index (χ1n) is 9.43. The second kappa shape index (κ2) is 9.07. The third kappa shape index (κ3) is 5.62. The van der Waals surface area contributed by atoms with Crippen molar-refractivity contribution in [3.8, 4) is 0 Å². The third-order valence-electron chi connectivity index (χ3n) is 4.65. The van der Waals surface area contributed by atoms with E-state index in [9.17, 15) is 22.8 Å². The highest BCUT2D eigenvalue weighted by atomic mass is 35.5. The molecule has 0 aliphatic rings. The van der Waals surface area contributed by atoms with Crippen LogP contribution in [0.1, 0.15) is 25.2 Å². The minimum Gasteiger partial charge on any atom is -0.324 e. The van der Waals surface area contributed by atoms with Crippen molar-refractivity contribution in [2.24, 2.45) is 0 Å². The van der Waals surface area contributed by atoms with Gasteiger partial charge in [0.15, 0.2) is 0 Å². The number of benzene rings is 2. The largest absolute Gasteiger partial charge is 0.418 e. The fourth-order valence-electron chi connectivity index (χ4n) is 3.06. The summed E-state index contributed by atoms with van der Waals surface area (Å²) in [6.07, 6.45) is -4.67. The molecule has 3 aromatic rings. The number of hydrogen-bond acceptors (Lipinski definition) is 4. The number of aromatic amines is 1. The Hall–Kier alpha value is -2.91. The summed E-state index contributed by atoms with van der Waals surface area (Å²) < 4.78 is 39.8. The lowest BCUT2D eigenvalue weighted by Crippen LogP contribution is -2.38. The van der Waals surface area contributed by atoms with Crippen molar-refractivity contribution in [2.75, 3.05) is 11.9 Å². The van der Waals surface area contributed by atoms with Gasteiger partial charge in [0, 0.05) is 11.1 Å². The summed E-state index contributed by atoms with van der Waals surface area (Å²) in [6, 6.07) is 9.87. The molecule has 0 unspecified atom stereocenters. The molecule has 164 valence electrons. The van der Waals surface area contributed by atoms with E-state index in [0.29, 0.717) is 16.7 Å². The normalized spacial score (nSPS) is 12.0. The van der Waals surface area contributed by atoms with Crippen molar-refractivity contribution in [2.45, 2.75) is 32.6 Å². The van der Waals surface area contributed by atoms with Crippen LogP contribution in [-0.4, -0.2) is 33.4 Å². The molecule has 1 heterocycles. The lowest BCUT2D eigenvalue weighted by molar-refractivity contribution is -0.137. The number of anilines is 1. The Morgan fingerprint density at radius 3 is 2.61 bits per heavy atom. The van der Waals surface area contributed by atoms with Gasteiger partial charge >= 0.3 is 6.18 Å². The Labute approximate surface area is 181 Å². The van der Waals surface area contributed by atoms with Gasteiger partial charge in [-0.05, 0) is 44.2 Å². The number of aromatic nitrogens is 2. The summed E-state index contributed by atoms with van der Waals surface area (Å²) in [6.45, 7) is 3.60. The first-order valence-corrected chi connectivity index (χ1v) is 9.81. The summed E-state index contributed by atoms with van der Waals surface area (Å²) >= 11 is 5.67. The van der Waals surface area contributed by atoms with Crippen LogP contribution in [0.25, 0.3) is 10.9 Å². The highest BCUT2D eigenvalue weighted by Gasteiger charge is 2.34. The highest BCUT2D eigenvalue weighted by Crippen LogP contribution is 2.36. The maximum absolute atomic E-state index is 13.3. The number of fused-ring (bicyclic) bond motifs is 1. The zero-order valence-corrected chi connectivity index (χ0v) is 17.5. The minimum absolute atomic E-state index is 0.0829. The molecule has 10 heteroatoms. The third-order valence-corrected chi connectivity index (χ3v) is 4.89. The summed E-state index contributed by atoms with van der Waals surface area (Å²) in [7, 11) is 0. The van der Waals surface area contributed by atoms with E-state index in [2.05, 4.69) is 15.3 Å². The van der Waals surface area contributed by atoms with Crippen molar-refractivity contribution in [1.82, 2.24) is 14.9 Å². The van der Waals surface area contributed by atoms with Gasteiger partial charge in [0.05, 0.1) is 35.2 Å². The maximum atomic E-state index is 13.3. The first-order chi connectivity index (χ1) is 14.5. The van der Waals surface area contributed by atoms with E-state index in [4.69, 9.17) is 11.6 Å². The monoisotopic (exact) mass is 452 g/mol. The lowest BCUT2D eigenvalue weighted by Gasteiger charge is -2.25. The first kappa shape index (κ1) is 22.8. The Balaban J connectivity index is 1.78. The number of carbonyl (C=O) groups excluding carboxylic acids is 1. The molecule has 0 radical (unpaired) electrons. The van der Waals surface area contributed by atoms with Crippen molar-refractivity contribution in [1.29, 1.82) is 0 Å². The van der Waals surface area contributed by atoms with Crippen LogP contribution >= 0.6 is 11.6 Å². The number of halogens is 4. The van der Waals surface area contributed by atoms with E-state index in [-0.39, 0.29) is 35.4 Å². The van der Waals surface area contributed by atoms with Gasteiger partial charge in [0.1, 0.15) is 5.82 Å². The highest BCUT2D eigenvalue weighted by molar-refractivity contribution is 6.30. The van der Waals surface area contributed by atoms with Crippen molar-refractivity contribution >= 4 is 34.1 Å². The average molecular weight is 453 g/mol. The Kier molecular flexibility index (Phi) is 6.66. The molecule has 0 saturated heterocycles. The fourth-order valence-corrected chi connectivity index (χ4v) is 3.23. The zero-order valence-electron chi connectivity index (χ0n) is 16.8. The number of nitrogens with one attached hydrogen (secondary N) is 2. The quantitative estimate of drug-likeness (QED) is 0.579. The van der Waals surface area contributed by atoms with Gasteiger partial charge in [-0.25, -0.2) is 4.98 Å². The number of nitrogens with zero attached hydrogens (tertiary/aromatic N) is 2. The summed E-state index contributed by atoms with van der Waals surface area (Å²) in [5.41, 5.74) is -1.18. The number of carbonyl (C=O) groups is 1. The molecule has 31 heavy (non-hydrogen) atoms. The van der Waals surface area contributed by atoms with Gasteiger partial charge in [0.2, 0.25) is 5.91 Å². The smallest absolute Gasteiger partial charge is 0.324 e. The Bertz CT molecular complexity index is 1160. The number of hydrogen-bond donors (Lipinski definition) is 2. The maximum Gasteiger partial charge on any atom is 0.418 e. The second-order valence-corrected chi connectivity index (χ2v) is 7.70.